The Morgan fingerprint density at radius 3 is 2.55 bits per heavy atom. The summed E-state index contributed by atoms with van der Waals surface area (Å²) in [6, 6.07) is 0. The summed E-state index contributed by atoms with van der Waals surface area (Å²) in [6.07, 6.45) is -0.284. The molecular weight excluding hydrogens is 156 g/mol. The summed E-state index contributed by atoms with van der Waals surface area (Å²) >= 11 is 0. The molecule has 1 aliphatic heterocycles. The monoisotopic (exact) mass is 163 g/mol. The Kier molecular flexibility index (Phi) is 1.89. The van der Waals surface area contributed by atoms with E-state index in [9.17, 15) is 18.4 Å². The number of hydrogen-bond donors (Lipinski definition) is 0. The molecule has 11 heavy (non-hydrogen) atoms. The van der Waals surface area contributed by atoms with E-state index in [1.54, 1.807) is 0 Å². The molecule has 0 saturated carbocycles. The van der Waals surface area contributed by atoms with Gasteiger partial charge in [0.1, 0.15) is 0 Å². The van der Waals surface area contributed by atoms with E-state index in [0.29, 0.717) is 0 Å². The molecule has 0 N–H and O–H groups in total. The van der Waals surface area contributed by atoms with Crippen molar-refractivity contribution in [3.8, 4) is 0 Å². The summed E-state index contributed by atoms with van der Waals surface area (Å²) in [5.74, 6) is -3.67. The van der Waals surface area contributed by atoms with Crippen molar-refractivity contribution in [1.82, 2.24) is 4.90 Å². The molecule has 1 heterocycles. The summed E-state index contributed by atoms with van der Waals surface area (Å²) in [5.41, 5.74) is 0. The predicted molar refractivity (Wildman–Crippen MR) is 32.2 cm³/mol. The Hall–Kier alpha value is -1.00. The molecule has 0 aromatic rings. The first-order valence-electron chi connectivity index (χ1n) is 3.17. The smallest absolute Gasteiger partial charge is 0.286 e. The van der Waals surface area contributed by atoms with Gasteiger partial charge < -0.3 is 4.90 Å². The maximum absolute atomic E-state index is 12.4. The van der Waals surface area contributed by atoms with E-state index in [-0.39, 0.29) is 19.3 Å². The molecule has 1 aliphatic rings. The largest absolute Gasteiger partial charge is 0.330 e. The summed E-state index contributed by atoms with van der Waals surface area (Å²) in [5, 5.41) is 0. The number of likely N-dealkylation sites (tertiary alicyclic amines) is 1. The van der Waals surface area contributed by atoms with Crippen LogP contribution in [0.15, 0.2) is 0 Å². The van der Waals surface area contributed by atoms with Crippen LogP contribution in [-0.4, -0.2) is 36.1 Å². The highest BCUT2D eigenvalue weighted by atomic mass is 19.3. The highest BCUT2D eigenvalue weighted by Gasteiger charge is 2.39. The van der Waals surface area contributed by atoms with Gasteiger partial charge >= 0.3 is 0 Å². The van der Waals surface area contributed by atoms with Crippen molar-refractivity contribution in [3.05, 3.63) is 0 Å². The number of aldehydes is 1. The Morgan fingerprint density at radius 2 is 2.18 bits per heavy atom. The van der Waals surface area contributed by atoms with Crippen molar-refractivity contribution in [1.29, 1.82) is 0 Å². The fourth-order valence-electron chi connectivity index (χ4n) is 0.999. The minimum absolute atomic E-state index is 0.0232. The molecule has 0 spiro atoms. The van der Waals surface area contributed by atoms with Crippen molar-refractivity contribution in [2.75, 3.05) is 13.1 Å². The van der Waals surface area contributed by atoms with E-state index < -0.39 is 18.4 Å². The number of nitrogens with zero attached hydrogens (tertiary/aromatic N) is 1. The van der Waals surface area contributed by atoms with Crippen LogP contribution in [-0.2, 0) is 9.59 Å². The normalized spacial score (nSPS) is 21.8. The number of carbonyl (C=O) groups is 2. The lowest BCUT2D eigenvalue weighted by atomic mass is 10.3. The van der Waals surface area contributed by atoms with Gasteiger partial charge in [0.25, 0.3) is 11.8 Å². The van der Waals surface area contributed by atoms with Gasteiger partial charge in [0, 0.05) is 13.0 Å². The minimum Gasteiger partial charge on any atom is -0.330 e. The Balaban J connectivity index is 2.54. The molecule has 5 heteroatoms. The van der Waals surface area contributed by atoms with Crippen LogP contribution in [0.2, 0.25) is 0 Å². The lowest BCUT2D eigenvalue weighted by molar-refractivity contribution is -0.139. The van der Waals surface area contributed by atoms with E-state index in [1.165, 1.54) is 0 Å². The van der Waals surface area contributed by atoms with Gasteiger partial charge in [-0.3, -0.25) is 9.59 Å². The fourth-order valence-corrected chi connectivity index (χ4v) is 0.999. The van der Waals surface area contributed by atoms with Gasteiger partial charge in [-0.2, -0.15) is 0 Å². The van der Waals surface area contributed by atoms with Gasteiger partial charge in [0.15, 0.2) is 0 Å². The van der Waals surface area contributed by atoms with Crippen LogP contribution >= 0.6 is 0 Å². The third kappa shape index (κ3) is 1.72. The molecule has 0 atom stereocenters. The van der Waals surface area contributed by atoms with Gasteiger partial charge in [0.2, 0.25) is 6.29 Å². The average molecular weight is 163 g/mol. The van der Waals surface area contributed by atoms with Gasteiger partial charge in [-0.15, -0.1) is 0 Å². The first kappa shape index (κ1) is 8.10. The minimum atomic E-state index is -2.81. The van der Waals surface area contributed by atoms with E-state index in [2.05, 4.69) is 0 Å². The summed E-state index contributed by atoms with van der Waals surface area (Å²) in [7, 11) is 0. The van der Waals surface area contributed by atoms with Crippen molar-refractivity contribution in [2.45, 2.75) is 12.3 Å². The second kappa shape index (κ2) is 2.56. The number of alkyl halides is 2. The van der Waals surface area contributed by atoms with Gasteiger partial charge in [-0.05, 0) is 0 Å². The molecule has 0 aromatic carbocycles. The van der Waals surface area contributed by atoms with E-state index >= 15 is 0 Å². The highest BCUT2D eigenvalue weighted by molar-refractivity contribution is 6.23. The summed E-state index contributed by atoms with van der Waals surface area (Å²) in [6.45, 7) is -0.644. The standard InChI is InChI=1S/C6H7F2NO2/c7-6(8)1-2-9(4-6)5(11)3-10/h3H,1-2,4H2. The van der Waals surface area contributed by atoms with Gasteiger partial charge in [-0.1, -0.05) is 0 Å². The molecule has 0 unspecified atom stereocenters. The third-order valence-electron chi connectivity index (χ3n) is 1.58. The Labute approximate surface area is 62.0 Å². The van der Waals surface area contributed by atoms with Crippen LogP contribution in [0.3, 0.4) is 0 Å². The lowest BCUT2D eigenvalue weighted by Crippen LogP contribution is -2.31. The van der Waals surface area contributed by atoms with Crippen molar-refractivity contribution in [3.63, 3.8) is 0 Å². The summed E-state index contributed by atoms with van der Waals surface area (Å²) < 4.78 is 24.8. The number of halogens is 2. The first-order valence-corrected chi connectivity index (χ1v) is 3.17. The molecule has 0 aliphatic carbocycles. The maximum atomic E-state index is 12.4. The molecule has 0 bridgehead atoms. The van der Waals surface area contributed by atoms with Crippen LogP contribution in [0, 0.1) is 0 Å². The zero-order valence-electron chi connectivity index (χ0n) is 5.72. The van der Waals surface area contributed by atoms with E-state index in [0.717, 1.165) is 4.90 Å². The molecule has 3 nitrogen and oxygen atoms in total. The first-order chi connectivity index (χ1) is 5.05. The van der Waals surface area contributed by atoms with Crippen molar-refractivity contribution >= 4 is 12.2 Å². The van der Waals surface area contributed by atoms with Crippen molar-refractivity contribution < 1.29 is 18.4 Å². The molecule has 1 saturated heterocycles. The maximum Gasteiger partial charge on any atom is 0.286 e. The fraction of sp³-hybridized carbons (Fsp3) is 0.667. The van der Waals surface area contributed by atoms with E-state index in [1.807, 2.05) is 0 Å². The quantitative estimate of drug-likeness (QED) is 0.404. The number of rotatable bonds is 1. The predicted octanol–water partition coefficient (Wildman–Crippen LogP) is 0.0529. The topological polar surface area (TPSA) is 37.4 Å². The van der Waals surface area contributed by atoms with Gasteiger partial charge in [0.05, 0.1) is 6.54 Å². The zero-order chi connectivity index (χ0) is 8.48. The van der Waals surface area contributed by atoms with Gasteiger partial charge in [-0.25, -0.2) is 8.78 Å². The van der Waals surface area contributed by atoms with Crippen LogP contribution in [0.5, 0.6) is 0 Å². The lowest BCUT2D eigenvalue weighted by Gasteiger charge is -2.11. The Morgan fingerprint density at radius 1 is 1.55 bits per heavy atom. The van der Waals surface area contributed by atoms with Crippen molar-refractivity contribution in [2.24, 2.45) is 0 Å². The second-order valence-electron chi connectivity index (χ2n) is 2.48. The average Bonchev–Trinajstić information content (AvgIpc) is 2.29. The Bertz CT molecular complexity index is 193. The molecule has 0 aromatic heterocycles. The molecule has 1 rings (SSSR count). The SMILES string of the molecule is O=CC(=O)N1CCC(F)(F)C1. The number of hydrogen-bond acceptors (Lipinski definition) is 2. The van der Waals surface area contributed by atoms with E-state index in [4.69, 9.17) is 0 Å². The molecule has 1 fully saturated rings. The zero-order valence-corrected chi connectivity index (χ0v) is 5.72. The molecule has 1 amide bonds. The molecule has 62 valence electrons. The molecule has 0 radical (unpaired) electrons. The third-order valence-corrected chi connectivity index (χ3v) is 1.58. The highest BCUT2D eigenvalue weighted by Crippen LogP contribution is 2.26. The van der Waals surface area contributed by atoms with Crippen LogP contribution in [0.1, 0.15) is 6.42 Å². The second-order valence-corrected chi connectivity index (χ2v) is 2.48. The summed E-state index contributed by atoms with van der Waals surface area (Å²) in [4.78, 5) is 21.2. The van der Waals surface area contributed by atoms with Crippen LogP contribution < -0.4 is 0 Å². The molecular formula is C6H7F2NO2. The van der Waals surface area contributed by atoms with Crippen LogP contribution in [0.4, 0.5) is 8.78 Å². The number of amides is 1. The number of carbonyl (C=O) groups excluding carboxylic acids is 2. The van der Waals surface area contributed by atoms with Crippen LogP contribution in [0.25, 0.3) is 0 Å².